The number of anilines is 2. The molecule has 0 unspecified atom stereocenters. The summed E-state index contributed by atoms with van der Waals surface area (Å²) in [5.41, 5.74) is 0.880. The average Bonchev–Trinajstić information content (AvgIpc) is 3.54. The Hall–Kier alpha value is -3.48. The van der Waals surface area contributed by atoms with Crippen LogP contribution in [0.5, 0.6) is 0 Å². The normalized spacial score (nSPS) is 20.5. The van der Waals surface area contributed by atoms with Crippen molar-refractivity contribution in [1.29, 1.82) is 5.26 Å². The maximum Gasteiger partial charge on any atom is 0.294 e. The molecule has 0 radical (unpaired) electrons. The third-order valence-corrected chi connectivity index (χ3v) is 7.02. The highest BCUT2D eigenvalue weighted by molar-refractivity contribution is 6.30. The van der Waals surface area contributed by atoms with Crippen molar-refractivity contribution in [3.05, 3.63) is 46.9 Å². The number of hydrogen-bond acceptors (Lipinski definition) is 7. The van der Waals surface area contributed by atoms with Crippen molar-refractivity contribution in [2.45, 2.75) is 44.6 Å². The third kappa shape index (κ3) is 4.99. The summed E-state index contributed by atoms with van der Waals surface area (Å²) in [6.07, 6.45) is 7.46. The number of carbonyl (C=O) groups excluding carboxylic acids is 2. The van der Waals surface area contributed by atoms with Crippen molar-refractivity contribution in [3.63, 3.8) is 0 Å². The van der Waals surface area contributed by atoms with Gasteiger partial charge >= 0.3 is 0 Å². The lowest BCUT2D eigenvalue weighted by Crippen LogP contribution is -2.38. The number of nitriles is 1. The van der Waals surface area contributed by atoms with Gasteiger partial charge in [0.25, 0.3) is 5.91 Å². The maximum atomic E-state index is 13.2. The molecule has 2 aliphatic rings. The van der Waals surface area contributed by atoms with E-state index in [4.69, 9.17) is 16.0 Å². The van der Waals surface area contributed by atoms with Crippen molar-refractivity contribution in [3.8, 4) is 6.07 Å². The molecule has 0 spiro atoms. The molecule has 0 aromatic carbocycles. The SMILES string of the molecule is N#Cc1ccc2oc(C(=O)Nc3ccc(Cl)cn3)c(NC(=O)[C@H]3CC[C@H](N4CCCC4)CC3)c2n1. The molecule has 35 heavy (non-hydrogen) atoms. The summed E-state index contributed by atoms with van der Waals surface area (Å²) in [5, 5.41) is 15.3. The zero-order valence-electron chi connectivity index (χ0n) is 19.1. The van der Waals surface area contributed by atoms with Gasteiger partial charge < -0.3 is 20.0 Å². The minimum Gasteiger partial charge on any atom is -0.447 e. The topological polar surface area (TPSA) is 124 Å². The number of hydrogen-bond donors (Lipinski definition) is 2. The molecular formula is C25H25ClN6O3. The first-order valence-corrected chi connectivity index (χ1v) is 12.2. The zero-order valence-corrected chi connectivity index (χ0v) is 19.8. The number of aromatic nitrogens is 2. The van der Waals surface area contributed by atoms with Crippen LogP contribution in [-0.4, -0.2) is 45.8 Å². The van der Waals surface area contributed by atoms with Crippen LogP contribution in [0.4, 0.5) is 11.5 Å². The lowest BCUT2D eigenvalue weighted by Gasteiger charge is -2.33. The molecular weight excluding hydrogens is 468 g/mol. The van der Waals surface area contributed by atoms with E-state index in [9.17, 15) is 14.9 Å². The van der Waals surface area contributed by atoms with Crippen molar-refractivity contribution < 1.29 is 14.0 Å². The van der Waals surface area contributed by atoms with Gasteiger partial charge in [-0.2, -0.15) is 5.26 Å². The van der Waals surface area contributed by atoms with Crippen molar-refractivity contribution in [2.75, 3.05) is 23.7 Å². The molecule has 0 atom stereocenters. The summed E-state index contributed by atoms with van der Waals surface area (Å²) >= 11 is 5.87. The average molecular weight is 493 g/mol. The van der Waals surface area contributed by atoms with Gasteiger partial charge in [0.1, 0.15) is 28.8 Å². The second-order valence-electron chi connectivity index (χ2n) is 9.01. The summed E-state index contributed by atoms with van der Waals surface area (Å²) in [7, 11) is 0. The lowest BCUT2D eigenvalue weighted by atomic mass is 9.85. The first kappa shape index (κ1) is 23.3. The summed E-state index contributed by atoms with van der Waals surface area (Å²) in [6, 6.07) is 8.76. The first-order valence-electron chi connectivity index (χ1n) is 11.8. The van der Waals surface area contributed by atoms with Crippen molar-refractivity contribution in [2.24, 2.45) is 5.92 Å². The number of amides is 2. The predicted molar refractivity (Wildman–Crippen MR) is 131 cm³/mol. The van der Waals surface area contributed by atoms with Crippen LogP contribution >= 0.6 is 11.6 Å². The quantitative estimate of drug-likeness (QED) is 0.533. The number of nitrogens with zero attached hydrogens (tertiary/aromatic N) is 4. The molecule has 1 saturated heterocycles. The Morgan fingerprint density at radius 2 is 1.86 bits per heavy atom. The fourth-order valence-corrected chi connectivity index (χ4v) is 5.08. The monoisotopic (exact) mass is 492 g/mol. The van der Waals surface area contributed by atoms with E-state index < -0.39 is 5.91 Å². The molecule has 0 bridgehead atoms. The lowest BCUT2D eigenvalue weighted by molar-refractivity contribution is -0.121. The van der Waals surface area contributed by atoms with E-state index in [1.807, 2.05) is 6.07 Å². The van der Waals surface area contributed by atoms with Gasteiger partial charge in [-0.25, -0.2) is 9.97 Å². The molecule has 2 fully saturated rings. The Balaban J connectivity index is 1.37. The summed E-state index contributed by atoms with van der Waals surface area (Å²) in [5.74, 6) is -0.743. The van der Waals surface area contributed by atoms with E-state index in [1.165, 1.54) is 25.1 Å². The number of halogens is 1. The Labute approximate surface area is 207 Å². The summed E-state index contributed by atoms with van der Waals surface area (Å²) in [6.45, 7) is 2.30. The largest absolute Gasteiger partial charge is 0.447 e. The van der Waals surface area contributed by atoms with Gasteiger partial charge in [-0.3, -0.25) is 9.59 Å². The Bertz CT molecular complexity index is 1290. The van der Waals surface area contributed by atoms with Crippen LogP contribution in [0.15, 0.2) is 34.9 Å². The molecule has 5 rings (SSSR count). The number of likely N-dealkylation sites (tertiary alicyclic amines) is 1. The van der Waals surface area contributed by atoms with Crippen molar-refractivity contribution in [1.82, 2.24) is 14.9 Å². The Morgan fingerprint density at radius 3 is 2.54 bits per heavy atom. The van der Waals surface area contributed by atoms with Crippen LogP contribution in [0.2, 0.25) is 5.02 Å². The number of pyridine rings is 2. The van der Waals surface area contributed by atoms with Gasteiger partial charge in [0.05, 0.1) is 5.02 Å². The van der Waals surface area contributed by atoms with Gasteiger partial charge in [0.15, 0.2) is 5.58 Å². The molecule has 10 heteroatoms. The van der Waals surface area contributed by atoms with Gasteiger partial charge in [-0.15, -0.1) is 0 Å². The second-order valence-corrected chi connectivity index (χ2v) is 9.45. The van der Waals surface area contributed by atoms with E-state index in [1.54, 1.807) is 18.2 Å². The van der Waals surface area contributed by atoms with Crippen LogP contribution in [0.1, 0.15) is 54.8 Å². The smallest absolute Gasteiger partial charge is 0.294 e. The molecule has 1 saturated carbocycles. The molecule has 2 N–H and O–H groups in total. The Kier molecular flexibility index (Phi) is 6.66. The van der Waals surface area contributed by atoms with E-state index in [0.29, 0.717) is 16.6 Å². The number of rotatable bonds is 5. The van der Waals surface area contributed by atoms with Gasteiger partial charge in [0.2, 0.25) is 11.7 Å². The highest BCUT2D eigenvalue weighted by atomic mass is 35.5. The maximum absolute atomic E-state index is 13.2. The first-order chi connectivity index (χ1) is 17.0. The van der Waals surface area contributed by atoms with Crippen molar-refractivity contribution >= 4 is 46.0 Å². The molecule has 180 valence electrons. The predicted octanol–water partition coefficient (Wildman–Crippen LogP) is 4.59. The fraction of sp³-hybridized carbons (Fsp3) is 0.400. The van der Waals surface area contributed by atoms with Crippen LogP contribution in [-0.2, 0) is 4.79 Å². The molecule has 1 aliphatic carbocycles. The minimum absolute atomic E-state index is 0.0987. The van der Waals surface area contributed by atoms with Crippen LogP contribution in [0.3, 0.4) is 0 Å². The third-order valence-electron chi connectivity index (χ3n) is 6.80. The van der Waals surface area contributed by atoms with Gasteiger partial charge in [0, 0.05) is 18.2 Å². The van der Waals surface area contributed by atoms with E-state index in [2.05, 4.69) is 25.5 Å². The van der Waals surface area contributed by atoms with Crippen LogP contribution in [0.25, 0.3) is 11.1 Å². The molecule has 1 aliphatic heterocycles. The highest BCUT2D eigenvalue weighted by Gasteiger charge is 2.32. The van der Waals surface area contributed by atoms with Crippen LogP contribution < -0.4 is 10.6 Å². The molecule has 3 aromatic heterocycles. The number of fused-ring (bicyclic) bond motifs is 1. The Morgan fingerprint density at radius 1 is 1.09 bits per heavy atom. The van der Waals surface area contributed by atoms with E-state index in [0.717, 1.165) is 38.8 Å². The number of furan rings is 1. The standard InChI is InChI=1S/C25H25ClN6O3/c26-16-5-10-20(28-14-16)30-25(34)23-22(21-19(35-23)9-6-17(13-27)29-21)31-24(33)15-3-7-18(8-4-15)32-11-1-2-12-32/h5-6,9-10,14-15,18H,1-4,7-8,11-12H2,(H,31,33)(H,28,30,34)/t15-,18-. The fourth-order valence-electron chi connectivity index (χ4n) is 4.97. The molecule has 2 amide bonds. The number of carbonyl (C=O) groups is 2. The minimum atomic E-state index is -0.593. The molecule has 3 aromatic rings. The van der Waals surface area contributed by atoms with Gasteiger partial charge in [-0.05, 0) is 75.9 Å². The van der Waals surface area contributed by atoms with E-state index in [-0.39, 0.29) is 40.3 Å². The zero-order chi connectivity index (χ0) is 24.4. The molecule has 4 heterocycles. The summed E-state index contributed by atoms with van der Waals surface area (Å²) < 4.78 is 5.77. The summed E-state index contributed by atoms with van der Waals surface area (Å²) in [4.78, 5) is 37.2. The van der Waals surface area contributed by atoms with Gasteiger partial charge in [-0.1, -0.05) is 11.6 Å². The van der Waals surface area contributed by atoms with Crippen LogP contribution in [0, 0.1) is 17.2 Å². The van der Waals surface area contributed by atoms with E-state index >= 15 is 0 Å². The number of nitrogens with one attached hydrogen (secondary N) is 2. The highest BCUT2D eigenvalue weighted by Crippen LogP contribution is 2.34. The second kappa shape index (κ2) is 10.0. The molecule has 9 nitrogen and oxygen atoms in total.